The van der Waals surface area contributed by atoms with E-state index in [1.807, 2.05) is 43.1 Å². The monoisotopic (exact) mass is 343 g/mol. The van der Waals surface area contributed by atoms with E-state index in [1.165, 1.54) is 5.56 Å². The fourth-order valence-corrected chi connectivity index (χ4v) is 3.28. The standard InChI is InChI=1S/C14H22ClN5OS/c1-18(2)14-17-13(15)12(22-14)10-20(5-6-21-4)9-11-7-16-19(3)8-11/h7-8H,5-6,9-10H2,1-4H3. The predicted octanol–water partition coefficient (Wildman–Crippen LogP) is 2.24. The van der Waals surface area contributed by atoms with E-state index in [-0.39, 0.29) is 0 Å². The first kappa shape index (κ1) is 17.2. The molecule has 0 fully saturated rings. The molecule has 0 amide bonds. The fraction of sp³-hybridized carbons (Fsp3) is 0.571. The summed E-state index contributed by atoms with van der Waals surface area (Å²) >= 11 is 7.90. The Morgan fingerprint density at radius 2 is 2.14 bits per heavy atom. The van der Waals surface area contributed by atoms with Crippen molar-refractivity contribution in [2.45, 2.75) is 13.1 Å². The summed E-state index contributed by atoms with van der Waals surface area (Å²) in [6.07, 6.45) is 3.92. The molecule has 0 aromatic carbocycles. The molecule has 0 unspecified atom stereocenters. The Kier molecular flexibility index (Phi) is 6.19. The summed E-state index contributed by atoms with van der Waals surface area (Å²) in [4.78, 5) is 9.73. The van der Waals surface area contributed by atoms with Crippen LogP contribution in [0.2, 0.25) is 5.15 Å². The Bertz CT molecular complexity index is 598. The van der Waals surface area contributed by atoms with Gasteiger partial charge in [-0.05, 0) is 0 Å². The number of anilines is 1. The number of nitrogens with zero attached hydrogens (tertiary/aromatic N) is 5. The van der Waals surface area contributed by atoms with Crippen molar-refractivity contribution in [1.29, 1.82) is 0 Å². The van der Waals surface area contributed by atoms with Crippen molar-refractivity contribution in [3.63, 3.8) is 0 Å². The minimum atomic E-state index is 0.585. The number of ether oxygens (including phenoxy) is 1. The van der Waals surface area contributed by atoms with E-state index in [0.717, 1.165) is 29.6 Å². The van der Waals surface area contributed by atoms with E-state index in [9.17, 15) is 0 Å². The number of rotatable bonds is 8. The SMILES string of the molecule is COCCN(Cc1cnn(C)c1)Cc1sc(N(C)C)nc1Cl. The van der Waals surface area contributed by atoms with Crippen LogP contribution in [-0.2, 0) is 24.9 Å². The molecule has 0 N–H and O–H groups in total. The van der Waals surface area contributed by atoms with Gasteiger partial charge in [0, 0.05) is 59.6 Å². The Hall–Kier alpha value is -1.15. The Morgan fingerprint density at radius 1 is 1.36 bits per heavy atom. The van der Waals surface area contributed by atoms with Crippen LogP contribution >= 0.6 is 22.9 Å². The quantitative estimate of drug-likeness (QED) is 0.735. The molecule has 0 spiro atoms. The zero-order valence-electron chi connectivity index (χ0n) is 13.4. The number of aryl methyl sites for hydroxylation is 1. The molecule has 0 radical (unpaired) electrons. The van der Waals surface area contributed by atoms with E-state index in [4.69, 9.17) is 16.3 Å². The molecular formula is C14H22ClN5OS. The number of aromatic nitrogens is 3. The van der Waals surface area contributed by atoms with Gasteiger partial charge in [0.15, 0.2) is 5.13 Å². The molecular weight excluding hydrogens is 322 g/mol. The average molecular weight is 344 g/mol. The molecule has 0 bridgehead atoms. The number of hydrogen-bond acceptors (Lipinski definition) is 6. The Balaban J connectivity index is 2.08. The van der Waals surface area contributed by atoms with Crippen molar-refractivity contribution in [2.75, 3.05) is 39.3 Å². The zero-order chi connectivity index (χ0) is 16.1. The van der Waals surface area contributed by atoms with Gasteiger partial charge in [-0.15, -0.1) is 0 Å². The lowest BCUT2D eigenvalue weighted by molar-refractivity contribution is 0.140. The van der Waals surface area contributed by atoms with E-state index in [2.05, 4.69) is 15.0 Å². The summed E-state index contributed by atoms with van der Waals surface area (Å²) < 4.78 is 7.02. The largest absolute Gasteiger partial charge is 0.383 e. The number of hydrogen-bond donors (Lipinski definition) is 0. The van der Waals surface area contributed by atoms with Crippen LogP contribution in [0.1, 0.15) is 10.4 Å². The molecule has 8 heteroatoms. The van der Waals surface area contributed by atoms with Crippen molar-refractivity contribution in [1.82, 2.24) is 19.7 Å². The van der Waals surface area contributed by atoms with Crippen molar-refractivity contribution >= 4 is 28.1 Å². The highest BCUT2D eigenvalue weighted by molar-refractivity contribution is 7.16. The minimum Gasteiger partial charge on any atom is -0.383 e. The van der Waals surface area contributed by atoms with Crippen LogP contribution in [0, 0.1) is 0 Å². The van der Waals surface area contributed by atoms with E-state index < -0.39 is 0 Å². The third-order valence-electron chi connectivity index (χ3n) is 3.16. The van der Waals surface area contributed by atoms with Crippen LogP contribution < -0.4 is 4.90 Å². The van der Waals surface area contributed by atoms with Crippen molar-refractivity contribution < 1.29 is 4.74 Å². The van der Waals surface area contributed by atoms with Gasteiger partial charge in [-0.1, -0.05) is 22.9 Å². The molecule has 0 aliphatic heterocycles. The highest BCUT2D eigenvalue weighted by Gasteiger charge is 2.15. The van der Waals surface area contributed by atoms with Crippen LogP contribution in [0.5, 0.6) is 0 Å². The maximum absolute atomic E-state index is 6.27. The summed E-state index contributed by atoms with van der Waals surface area (Å²) in [7, 11) is 7.58. The second kappa shape index (κ2) is 7.92. The summed E-state index contributed by atoms with van der Waals surface area (Å²) in [5, 5.41) is 5.73. The van der Waals surface area contributed by atoms with Gasteiger partial charge in [-0.3, -0.25) is 9.58 Å². The first-order valence-electron chi connectivity index (χ1n) is 7.01. The number of thiazole rings is 1. The molecule has 0 saturated heterocycles. The number of methoxy groups -OCH3 is 1. The lowest BCUT2D eigenvalue weighted by Gasteiger charge is -2.20. The van der Waals surface area contributed by atoms with Crippen molar-refractivity contribution in [2.24, 2.45) is 7.05 Å². The van der Waals surface area contributed by atoms with Gasteiger partial charge in [-0.25, -0.2) is 4.98 Å². The van der Waals surface area contributed by atoms with Crippen LogP contribution in [0.25, 0.3) is 0 Å². The lowest BCUT2D eigenvalue weighted by Crippen LogP contribution is -2.26. The van der Waals surface area contributed by atoms with Gasteiger partial charge in [-0.2, -0.15) is 5.10 Å². The molecule has 2 heterocycles. The van der Waals surface area contributed by atoms with E-state index in [1.54, 1.807) is 18.4 Å². The third-order valence-corrected chi connectivity index (χ3v) is 4.80. The van der Waals surface area contributed by atoms with E-state index >= 15 is 0 Å². The summed E-state index contributed by atoms with van der Waals surface area (Å²) in [6, 6.07) is 0. The molecule has 2 aromatic rings. The second-order valence-electron chi connectivity index (χ2n) is 5.33. The van der Waals surface area contributed by atoms with Gasteiger partial charge in [0.25, 0.3) is 0 Å². The predicted molar refractivity (Wildman–Crippen MR) is 90.6 cm³/mol. The highest BCUT2D eigenvalue weighted by atomic mass is 35.5. The lowest BCUT2D eigenvalue weighted by atomic mass is 10.3. The first-order valence-corrected chi connectivity index (χ1v) is 8.20. The zero-order valence-corrected chi connectivity index (χ0v) is 15.0. The molecule has 0 aliphatic rings. The maximum Gasteiger partial charge on any atom is 0.186 e. The summed E-state index contributed by atoms with van der Waals surface area (Å²) in [6.45, 7) is 3.07. The minimum absolute atomic E-state index is 0.585. The fourth-order valence-electron chi connectivity index (χ4n) is 2.06. The third kappa shape index (κ3) is 4.67. The van der Waals surface area contributed by atoms with Crippen molar-refractivity contribution in [3.8, 4) is 0 Å². The van der Waals surface area contributed by atoms with Gasteiger partial charge in [0.2, 0.25) is 0 Å². The van der Waals surface area contributed by atoms with Crippen LogP contribution in [0.4, 0.5) is 5.13 Å². The molecule has 6 nitrogen and oxygen atoms in total. The summed E-state index contributed by atoms with van der Waals surface area (Å²) in [5.74, 6) is 0. The Morgan fingerprint density at radius 3 is 2.68 bits per heavy atom. The van der Waals surface area contributed by atoms with Crippen LogP contribution in [0.3, 0.4) is 0 Å². The van der Waals surface area contributed by atoms with Gasteiger partial charge in [0.05, 0.1) is 17.7 Å². The maximum atomic E-state index is 6.27. The van der Waals surface area contributed by atoms with E-state index in [0.29, 0.717) is 11.8 Å². The molecule has 22 heavy (non-hydrogen) atoms. The topological polar surface area (TPSA) is 46.4 Å². The molecule has 0 atom stereocenters. The van der Waals surface area contributed by atoms with Crippen LogP contribution in [-0.4, -0.2) is 54.0 Å². The van der Waals surface area contributed by atoms with Gasteiger partial charge < -0.3 is 9.64 Å². The molecule has 0 saturated carbocycles. The summed E-state index contributed by atoms with van der Waals surface area (Å²) in [5.41, 5.74) is 1.17. The molecule has 2 rings (SSSR count). The first-order chi connectivity index (χ1) is 10.5. The number of halogens is 1. The van der Waals surface area contributed by atoms with Crippen molar-refractivity contribution in [3.05, 3.63) is 28.0 Å². The highest BCUT2D eigenvalue weighted by Crippen LogP contribution is 2.29. The Labute approximate surface area is 140 Å². The normalized spacial score (nSPS) is 11.4. The molecule has 122 valence electrons. The van der Waals surface area contributed by atoms with Crippen LogP contribution in [0.15, 0.2) is 12.4 Å². The molecule has 2 aromatic heterocycles. The second-order valence-corrected chi connectivity index (χ2v) is 6.75. The average Bonchev–Trinajstić information content (AvgIpc) is 3.03. The molecule has 0 aliphatic carbocycles. The van der Waals surface area contributed by atoms with Gasteiger partial charge >= 0.3 is 0 Å². The smallest absolute Gasteiger partial charge is 0.186 e. The van der Waals surface area contributed by atoms with Gasteiger partial charge in [0.1, 0.15) is 5.15 Å².